The molecule has 0 spiro atoms. The summed E-state index contributed by atoms with van der Waals surface area (Å²) in [6.45, 7) is 6.37. The van der Waals surface area contributed by atoms with Crippen LogP contribution in [0.15, 0.2) is 24.3 Å². The molecule has 0 radical (unpaired) electrons. The first-order valence-electron chi connectivity index (χ1n) is 7.07. The minimum absolute atomic E-state index is 0.0966. The van der Waals surface area contributed by atoms with Gasteiger partial charge in [-0.2, -0.15) is 0 Å². The van der Waals surface area contributed by atoms with E-state index in [9.17, 15) is 4.79 Å². The predicted molar refractivity (Wildman–Crippen MR) is 75.0 cm³/mol. The average molecular weight is 245 g/mol. The maximum atomic E-state index is 12.6. The lowest BCUT2D eigenvalue weighted by Crippen LogP contribution is -2.39. The fourth-order valence-electron chi connectivity index (χ4n) is 2.80. The highest BCUT2D eigenvalue weighted by Crippen LogP contribution is 2.19. The second kappa shape index (κ2) is 6.14. The minimum Gasteiger partial charge on any atom is -0.293 e. The van der Waals surface area contributed by atoms with Crippen LogP contribution in [-0.2, 0) is 0 Å². The second-order valence-corrected chi connectivity index (χ2v) is 5.28. The molecule has 1 aliphatic heterocycles. The molecule has 1 atom stereocenters. The standard InChI is InChI=1S/C16H23NO/c1-3-7-15(17-10-4-5-11-17)16(18)14-9-6-8-13(2)12-14/h6,8-9,12,15H,3-5,7,10-11H2,1-2H3/t15-/m1/s1. The number of likely N-dealkylation sites (tertiary alicyclic amines) is 1. The molecule has 2 rings (SSSR count). The van der Waals surface area contributed by atoms with Crippen LogP contribution in [0.1, 0.15) is 48.5 Å². The van der Waals surface area contributed by atoms with Crippen molar-refractivity contribution in [3.63, 3.8) is 0 Å². The quantitative estimate of drug-likeness (QED) is 0.741. The predicted octanol–water partition coefficient (Wildman–Crippen LogP) is 3.44. The van der Waals surface area contributed by atoms with Gasteiger partial charge in [-0.15, -0.1) is 0 Å². The number of rotatable bonds is 5. The third-order valence-corrected chi connectivity index (χ3v) is 3.75. The molecule has 0 unspecified atom stereocenters. The normalized spacial score (nSPS) is 17.9. The number of ketones is 1. The Morgan fingerprint density at radius 2 is 2.06 bits per heavy atom. The van der Waals surface area contributed by atoms with Gasteiger partial charge in [-0.25, -0.2) is 0 Å². The van der Waals surface area contributed by atoms with Gasteiger partial charge in [0, 0.05) is 5.56 Å². The van der Waals surface area contributed by atoms with E-state index in [1.54, 1.807) is 0 Å². The van der Waals surface area contributed by atoms with Crippen LogP contribution < -0.4 is 0 Å². The van der Waals surface area contributed by atoms with Crippen molar-refractivity contribution in [2.24, 2.45) is 0 Å². The smallest absolute Gasteiger partial charge is 0.179 e. The Kier molecular flexibility index (Phi) is 4.54. The van der Waals surface area contributed by atoms with Crippen LogP contribution >= 0.6 is 0 Å². The van der Waals surface area contributed by atoms with E-state index in [4.69, 9.17) is 0 Å². The van der Waals surface area contributed by atoms with E-state index in [1.165, 1.54) is 12.8 Å². The van der Waals surface area contributed by atoms with Crippen LogP contribution in [0, 0.1) is 6.92 Å². The maximum Gasteiger partial charge on any atom is 0.179 e. The highest BCUT2D eigenvalue weighted by molar-refractivity contribution is 6.00. The zero-order valence-electron chi connectivity index (χ0n) is 11.5. The van der Waals surface area contributed by atoms with Crippen molar-refractivity contribution < 1.29 is 4.79 Å². The SMILES string of the molecule is CCC[C@H](C(=O)c1cccc(C)c1)N1CCCC1. The van der Waals surface area contributed by atoms with E-state index in [2.05, 4.69) is 11.8 Å². The third kappa shape index (κ3) is 2.99. The monoisotopic (exact) mass is 245 g/mol. The number of hydrogen-bond acceptors (Lipinski definition) is 2. The summed E-state index contributed by atoms with van der Waals surface area (Å²) in [5.41, 5.74) is 2.04. The molecule has 1 aliphatic rings. The molecule has 18 heavy (non-hydrogen) atoms. The lowest BCUT2D eigenvalue weighted by atomic mass is 9.98. The number of Topliss-reactive ketones (excluding diaryl/α,β-unsaturated/α-hetero) is 1. The van der Waals surface area contributed by atoms with Gasteiger partial charge in [0.1, 0.15) is 0 Å². The van der Waals surface area contributed by atoms with Gasteiger partial charge in [-0.05, 0) is 45.3 Å². The summed E-state index contributed by atoms with van der Waals surface area (Å²) in [7, 11) is 0. The molecule has 1 saturated heterocycles. The summed E-state index contributed by atoms with van der Waals surface area (Å²) in [6.07, 6.45) is 4.52. The molecule has 2 nitrogen and oxygen atoms in total. The van der Waals surface area contributed by atoms with Crippen LogP contribution in [0.3, 0.4) is 0 Å². The molecule has 98 valence electrons. The van der Waals surface area contributed by atoms with Gasteiger partial charge >= 0.3 is 0 Å². The van der Waals surface area contributed by atoms with Gasteiger partial charge in [0.25, 0.3) is 0 Å². The van der Waals surface area contributed by atoms with Gasteiger partial charge in [0.2, 0.25) is 0 Å². The molecular weight excluding hydrogens is 222 g/mol. The Labute approximate surface area is 110 Å². The molecule has 0 amide bonds. The van der Waals surface area contributed by atoms with Crippen molar-refractivity contribution in [3.05, 3.63) is 35.4 Å². The van der Waals surface area contributed by atoms with E-state index < -0.39 is 0 Å². The zero-order valence-corrected chi connectivity index (χ0v) is 11.5. The highest BCUT2D eigenvalue weighted by Gasteiger charge is 2.27. The number of carbonyl (C=O) groups excluding carboxylic acids is 1. The Hall–Kier alpha value is -1.15. The Morgan fingerprint density at radius 1 is 1.33 bits per heavy atom. The molecule has 1 aromatic rings. The molecule has 2 heteroatoms. The van der Waals surface area contributed by atoms with Gasteiger partial charge in [-0.3, -0.25) is 9.69 Å². The van der Waals surface area contributed by atoms with Crippen molar-refractivity contribution in [2.75, 3.05) is 13.1 Å². The van der Waals surface area contributed by atoms with Crippen molar-refractivity contribution in [1.82, 2.24) is 4.90 Å². The van der Waals surface area contributed by atoms with Gasteiger partial charge in [-0.1, -0.05) is 37.1 Å². The molecule has 0 N–H and O–H groups in total. The summed E-state index contributed by atoms with van der Waals surface area (Å²) in [4.78, 5) is 15.0. The first kappa shape index (κ1) is 13.3. The third-order valence-electron chi connectivity index (χ3n) is 3.75. The average Bonchev–Trinajstić information content (AvgIpc) is 2.89. The number of carbonyl (C=O) groups is 1. The molecule has 1 fully saturated rings. The lowest BCUT2D eigenvalue weighted by molar-refractivity contribution is 0.0837. The van der Waals surface area contributed by atoms with Crippen molar-refractivity contribution in [3.8, 4) is 0 Å². The molecule has 0 aromatic heterocycles. The first-order chi connectivity index (χ1) is 8.72. The van der Waals surface area contributed by atoms with Crippen LogP contribution in [0.25, 0.3) is 0 Å². The number of benzene rings is 1. The van der Waals surface area contributed by atoms with Crippen molar-refractivity contribution >= 4 is 5.78 Å². The van der Waals surface area contributed by atoms with E-state index in [-0.39, 0.29) is 6.04 Å². The lowest BCUT2D eigenvalue weighted by Gasteiger charge is -2.26. The van der Waals surface area contributed by atoms with E-state index in [0.717, 1.165) is 37.1 Å². The van der Waals surface area contributed by atoms with Gasteiger partial charge in [0.15, 0.2) is 5.78 Å². The summed E-state index contributed by atoms with van der Waals surface area (Å²) in [6, 6.07) is 8.09. The maximum absolute atomic E-state index is 12.6. The minimum atomic E-state index is 0.0966. The van der Waals surface area contributed by atoms with Crippen LogP contribution in [-0.4, -0.2) is 29.8 Å². The number of aryl methyl sites for hydroxylation is 1. The molecule has 1 heterocycles. The van der Waals surface area contributed by atoms with Crippen LogP contribution in [0.2, 0.25) is 0 Å². The van der Waals surface area contributed by atoms with E-state index in [0.29, 0.717) is 5.78 Å². The summed E-state index contributed by atoms with van der Waals surface area (Å²) in [5, 5.41) is 0. The fraction of sp³-hybridized carbons (Fsp3) is 0.562. The van der Waals surface area contributed by atoms with Crippen LogP contribution in [0.4, 0.5) is 0 Å². The highest BCUT2D eigenvalue weighted by atomic mass is 16.1. The molecular formula is C16H23NO. The summed E-state index contributed by atoms with van der Waals surface area (Å²) in [5.74, 6) is 0.308. The van der Waals surface area contributed by atoms with Gasteiger partial charge in [0.05, 0.1) is 6.04 Å². The molecule has 0 saturated carbocycles. The molecule has 0 bridgehead atoms. The summed E-state index contributed by atoms with van der Waals surface area (Å²) < 4.78 is 0. The van der Waals surface area contributed by atoms with Gasteiger partial charge < -0.3 is 0 Å². The number of hydrogen-bond donors (Lipinski definition) is 0. The number of nitrogens with zero attached hydrogens (tertiary/aromatic N) is 1. The topological polar surface area (TPSA) is 20.3 Å². The molecule has 0 aliphatic carbocycles. The Morgan fingerprint density at radius 3 is 2.67 bits per heavy atom. The van der Waals surface area contributed by atoms with Crippen molar-refractivity contribution in [1.29, 1.82) is 0 Å². The summed E-state index contributed by atoms with van der Waals surface area (Å²) >= 11 is 0. The molecule has 1 aromatic carbocycles. The Balaban J connectivity index is 2.17. The van der Waals surface area contributed by atoms with E-state index in [1.807, 2.05) is 31.2 Å². The zero-order chi connectivity index (χ0) is 13.0. The second-order valence-electron chi connectivity index (χ2n) is 5.28. The van der Waals surface area contributed by atoms with Crippen LogP contribution in [0.5, 0.6) is 0 Å². The van der Waals surface area contributed by atoms with E-state index >= 15 is 0 Å². The largest absolute Gasteiger partial charge is 0.293 e. The Bertz CT molecular complexity index is 407. The van der Waals surface area contributed by atoms with Crippen molar-refractivity contribution in [2.45, 2.75) is 45.6 Å². The fourth-order valence-corrected chi connectivity index (χ4v) is 2.80. The first-order valence-corrected chi connectivity index (χ1v) is 7.07.